The van der Waals surface area contributed by atoms with E-state index < -0.39 is 35.7 Å². The van der Waals surface area contributed by atoms with Gasteiger partial charge in [0, 0.05) is 0 Å². The molecule has 0 aliphatic heterocycles. The van der Waals surface area contributed by atoms with E-state index in [0.29, 0.717) is 12.8 Å². The van der Waals surface area contributed by atoms with Crippen molar-refractivity contribution in [3.8, 4) is 0 Å². The molecular formula is C28H50O4Sn. The third-order valence-corrected chi connectivity index (χ3v) is 22.2. The zero-order chi connectivity index (χ0) is 25.1. The van der Waals surface area contributed by atoms with Gasteiger partial charge in [-0.15, -0.1) is 0 Å². The molecule has 1 saturated carbocycles. The Kier molecular flexibility index (Phi) is 12.8. The molecule has 190 valence electrons. The van der Waals surface area contributed by atoms with Crippen molar-refractivity contribution in [2.45, 2.75) is 106 Å². The first-order valence-corrected chi connectivity index (χ1v) is 20.8. The van der Waals surface area contributed by atoms with Crippen LogP contribution in [0.3, 0.4) is 0 Å². The first-order chi connectivity index (χ1) is 15.6. The molecule has 1 fully saturated rings. The van der Waals surface area contributed by atoms with Crippen LogP contribution in [0.15, 0.2) is 22.3 Å². The van der Waals surface area contributed by atoms with E-state index in [1.54, 1.807) is 0 Å². The van der Waals surface area contributed by atoms with Gasteiger partial charge in [0.05, 0.1) is 0 Å². The van der Waals surface area contributed by atoms with Crippen molar-refractivity contribution in [3.63, 3.8) is 0 Å². The van der Waals surface area contributed by atoms with Crippen molar-refractivity contribution in [1.82, 2.24) is 0 Å². The van der Waals surface area contributed by atoms with Crippen LogP contribution in [0.5, 0.6) is 0 Å². The summed E-state index contributed by atoms with van der Waals surface area (Å²) >= 11 is -2.65. The van der Waals surface area contributed by atoms with Crippen LogP contribution in [0.25, 0.3) is 0 Å². The van der Waals surface area contributed by atoms with Gasteiger partial charge in [0.1, 0.15) is 0 Å². The molecule has 0 aromatic heterocycles. The summed E-state index contributed by atoms with van der Waals surface area (Å²) < 4.78 is 17.2. The molecule has 1 aliphatic rings. The normalized spacial score (nSPS) is 19.5. The Morgan fingerprint density at radius 3 is 1.82 bits per heavy atom. The van der Waals surface area contributed by atoms with E-state index in [9.17, 15) is 9.59 Å². The number of methoxy groups -OCH3 is 2. The van der Waals surface area contributed by atoms with E-state index in [1.165, 1.54) is 71.6 Å². The van der Waals surface area contributed by atoms with Crippen LogP contribution in [0, 0.1) is 16.7 Å². The van der Waals surface area contributed by atoms with Crippen molar-refractivity contribution < 1.29 is 19.1 Å². The van der Waals surface area contributed by atoms with Crippen molar-refractivity contribution in [2.75, 3.05) is 14.2 Å². The fraction of sp³-hybridized carbons (Fsp3) is 0.786. The van der Waals surface area contributed by atoms with Crippen LogP contribution in [0.1, 0.15) is 92.4 Å². The summed E-state index contributed by atoms with van der Waals surface area (Å²) in [6.07, 6.45) is 11.2. The van der Waals surface area contributed by atoms with Crippen LogP contribution in [-0.4, -0.2) is 44.5 Å². The molecule has 1 rings (SSSR count). The first kappa shape index (κ1) is 30.2. The number of hydrogen-bond donors (Lipinski definition) is 0. The first-order valence-electron chi connectivity index (χ1n) is 13.1. The van der Waals surface area contributed by atoms with Crippen molar-refractivity contribution >= 4 is 30.3 Å². The third kappa shape index (κ3) is 7.60. The van der Waals surface area contributed by atoms with E-state index in [0.717, 1.165) is 6.42 Å². The Morgan fingerprint density at radius 2 is 1.45 bits per heavy atom. The van der Waals surface area contributed by atoms with Crippen LogP contribution in [-0.2, 0) is 19.1 Å². The second kappa shape index (κ2) is 13.9. The maximum atomic E-state index is 13.0. The van der Waals surface area contributed by atoms with Gasteiger partial charge in [-0.1, -0.05) is 0 Å². The van der Waals surface area contributed by atoms with Crippen LogP contribution < -0.4 is 0 Å². The van der Waals surface area contributed by atoms with Gasteiger partial charge in [-0.25, -0.2) is 0 Å². The third-order valence-electron chi connectivity index (χ3n) is 7.85. The molecule has 0 radical (unpaired) electrons. The second-order valence-corrected chi connectivity index (χ2v) is 23.8. The topological polar surface area (TPSA) is 52.6 Å². The van der Waals surface area contributed by atoms with Crippen LogP contribution >= 0.6 is 0 Å². The van der Waals surface area contributed by atoms with Gasteiger partial charge >= 0.3 is 208 Å². The summed E-state index contributed by atoms with van der Waals surface area (Å²) in [6, 6.07) is 0. The number of allylic oxidation sites excluding steroid dienone is 2. The molecule has 4 nitrogen and oxygen atoms in total. The predicted octanol–water partition coefficient (Wildman–Crippen LogP) is 7.65. The van der Waals surface area contributed by atoms with Crippen molar-refractivity contribution in [1.29, 1.82) is 0 Å². The predicted molar refractivity (Wildman–Crippen MR) is 141 cm³/mol. The number of hydrogen-bond acceptors (Lipinski definition) is 4. The van der Waals surface area contributed by atoms with Gasteiger partial charge < -0.3 is 0 Å². The number of ether oxygens (including phenoxy) is 2. The van der Waals surface area contributed by atoms with E-state index in [1.807, 2.05) is 6.08 Å². The number of carbonyl (C=O) groups is 2. The second-order valence-electron chi connectivity index (χ2n) is 10.9. The van der Waals surface area contributed by atoms with Gasteiger partial charge in [0.15, 0.2) is 0 Å². The monoisotopic (exact) mass is 570 g/mol. The average molecular weight is 569 g/mol. The fourth-order valence-corrected chi connectivity index (χ4v) is 21.4. The molecule has 0 aromatic carbocycles. The van der Waals surface area contributed by atoms with Gasteiger partial charge in [0.25, 0.3) is 0 Å². The molecule has 0 amide bonds. The summed E-state index contributed by atoms with van der Waals surface area (Å²) in [7, 11) is 2.76. The van der Waals surface area contributed by atoms with Crippen molar-refractivity contribution in [2.24, 2.45) is 16.7 Å². The number of esters is 2. The Labute approximate surface area is 207 Å². The van der Waals surface area contributed by atoms with Crippen LogP contribution in [0.4, 0.5) is 0 Å². The number of unbranched alkanes of at least 4 members (excludes halogenated alkanes) is 3. The molecule has 5 heteroatoms. The zero-order valence-electron chi connectivity index (χ0n) is 22.6. The molecular weight excluding hydrogens is 519 g/mol. The molecule has 0 spiro atoms. The SMILES string of the molecule is C=CCC(C)(C)C1CC(C(=O)OC)(C(=O)OC)C/C1=[CH]\[Sn]([CH2]CCC)([CH2]CCC)[CH2]CCC. The molecule has 0 N–H and O–H groups in total. The Morgan fingerprint density at radius 1 is 1.00 bits per heavy atom. The fourth-order valence-electron chi connectivity index (χ4n) is 5.82. The van der Waals surface area contributed by atoms with E-state index in [-0.39, 0.29) is 11.3 Å². The molecule has 0 heterocycles. The molecule has 0 saturated heterocycles. The van der Waals surface area contributed by atoms with Crippen LogP contribution in [0.2, 0.25) is 13.3 Å². The summed E-state index contributed by atoms with van der Waals surface area (Å²) in [4.78, 5) is 26.1. The molecule has 0 aromatic rings. The average Bonchev–Trinajstić information content (AvgIpc) is 3.20. The maximum absolute atomic E-state index is 13.0. The quantitative estimate of drug-likeness (QED) is 0.0881. The minimum atomic E-state index is -2.65. The van der Waals surface area contributed by atoms with Gasteiger partial charge in [-0.2, -0.15) is 0 Å². The summed E-state index contributed by atoms with van der Waals surface area (Å²) in [6.45, 7) is 15.3. The van der Waals surface area contributed by atoms with Gasteiger partial charge in [0.2, 0.25) is 0 Å². The number of rotatable bonds is 15. The minimum absolute atomic E-state index is 0.0880. The van der Waals surface area contributed by atoms with Gasteiger partial charge in [-0.3, -0.25) is 0 Å². The van der Waals surface area contributed by atoms with Gasteiger partial charge in [-0.05, 0) is 0 Å². The van der Waals surface area contributed by atoms with E-state index >= 15 is 0 Å². The molecule has 1 atom stereocenters. The number of carbonyl (C=O) groups excluding carboxylic acids is 2. The standard InChI is InChI=1S/C16H23O4.3C4H9.Sn/c1-7-8-15(3,4)12-10-16(9-11(12)2,13(17)19-5)14(18)20-6;3*1-3-4-2;/h2,7,12H,1,8-10H2,3-6H3;3*1,3-4H2,2H3;. The van der Waals surface area contributed by atoms with Crippen molar-refractivity contribution in [3.05, 3.63) is 22.3 Å². The van der Waals surface area contributed by atoms with E-state index in [2.05, 4.69) is 45.3 Å². The molecule has 33 heavy (non-hydrogen) atoms. The zero-order valence-corrected chi connectivity index (χ0v) is 25.4. The summed E-state index contributed by atoms with van der Waals surface area (Å²) in [5.74, 6) is -0.753. The Bertz CT molecular complexity index is 642. The molecule has 1 unspecified atom stereocenters. The molecule has 0 bridgehead atoms. The Hall–Kier alpha value is -0.781. The van der Waals surface area contributed by atoms with E-state index in [4.69, 9.17) is 9.47 Å². The Balaban J connectivity index is 3.68. The summed E-state index contributed by atoms with van der Waals surface area (Å²) in [5.41, 5.74) is 0.0164. The molecule has 1 aliphatic carbocycles. The summed E-state index contributed by atoms with van der Waals surface area (Å²) in [5, 5.41) is 0.